The monoisotopic (exact) mass is 323 g/mol. The molecule has 24 heavy (non-hydrogen) atoms. The van der Waals surface area contributed by atoms with Crippen molar-refractivity contribution in [2.24, 2.45) is 0 Å². The van der Waals surface area contributed by atoms with Gasteiger partial charge in [0.15, 0.2) is 0 Å². The summed E-state index contributed by atoms with van der Waals surface area (Å²) in [6.07, 6.45) is 1.73. The lowest BCUT2D eigenvalue weighted by Gasteiger charge is -2.16. The van der Waals surface area contributed by atoms with E-state index in [1.54, 1.807) is 13.0 Å². The molecule has 3 heteroatoms. The third-order valence-corrected chi connectivity index (χ3v) is 4.32. The second kappa shape index (κ2) is 7.35. The van der Waals surface area contributed by atoms with Crippen LogP contribution in [0.15, 0.2) is 35.9 Å². The summed E-state index contributed by atoms with van der Waals surface area (Å²) in [4.78, 5) is 11.1. The van der Waals surface area contributed by atoms with Gasteiger partial charge in [-0.25, -0.2) is 4.79 Å². The number of benzene rings is 2. The molecule has 2 aromatic carbocycles. The number of hydrogen-bond donors (Lipinski definition) is 2. The lowest BCUT2D eigenvalue weighted by Crippen LogP contribution is -2.06. The summed E-state index contributed by atoms with van der Waals surface area (Å²) in [7, 11) is 0. The molecule has 2 aromatic rings. The lowest BCUT2D eigenvalue weighted by atomic mass is 9.99. The molecule has 0 aliphatic carbocycles. The standard InChI is InChI=1S/C21H25NO2/c1-13-9-15(3)19(16(4)10-13)12-22-20-8-6-7-14(2)18(20)11-17(5)21(23)24/h6-11,22H,12H2,1-5H3,(H,23,24)/b17-11+. The van der Waals surface area contributed by atoms with Crippen molar-refractivity contribution >= 4 is 17.7 Å². The molecule has 0 atom stereocenters. The van der Waals surface area contributed by atoms with Crippen LogP contribution in [0, 0.1) is 27.7 Å². The number of rotatable bonds is 5. The van der Waals surface area contributed by atoms with E-state index in [2.05, 4.69) is 38.2 Å². The van der Waals surface area contributed by atoms with Crippen LogP contribution in [0.3, 0.4) is 0 Å². The average molecular weight is 323 g/mol. The molecule has 0 aliphatic heterocycles. The van der Waals surface area contributed by atoms with Gasteiger partial charge in [0, 0.05) is 23.4 Å². The third-order valence-electron chi connectivity index (χ3n) is 4.32. The van der Waals surface area contributed by atoms with Crippen LogP contribution in [0.25, 0.3) is 6.08 Å². The summed E-state index contributed by atoms with van der Waals surface area (Å²) in [5, 5.41) is 12.6. The second-order valence-corrected chi connectivity index (χ2v) is 6.40. The molecule has 0 aliphatic rings. The molecule has 0 saturated heterocycles. The van der Waals surface area contributed by atoms with E-state index in [0.717, 1.165) is 16.8 Å². The molecule has 0 unspecified atom stereocenters. The van der Waals surface area contributed by atoms with Crippen molar-refractivity contribution in [3.8, 4) is 0 Å². The summed E-state index contributed by atoms with van der Waals surface area (Å²) < 4.78 is 0. The topological polar surface area (TPSA) is 49.3 Å². The van der Waals surface area contributed by atoms with Gasteiger partial charge in [0.25, 0.3) is 0 Å². The summed E-state index contributed by atoms with van der Waals surface area (Å²) in [6, 6.07) is 10.4. The molecule has 0 bridgehead atoms. The Morgan fingerprint density at radius 2 is 1.71 bits per heavy atom. The molecular weight excluding hydrogens is 298 g/mol. The minimum absolute atomic E-state index is 0.329. The first-order valence-corrected chi connectivity index (χ1v) is 8.11. The maximum atomic E-state index is 11.1. The smallest absolute Gasteiger partial charge is 0.331 e. The van der Waals surface area contributed by atoms with Crippen LogP contribution >= 0.6 is 0 Å². The Morgan fingerprint density at radius 1 is 1.08 bits per heavy atom. The molecule has 0 spiro atoms. The molecule has 126 valence electrons. The minimum Gasteiger partial charge on any atom is -0.478 e. The summed E-state index contributed by atoms with van der Waals surface area (Å²) >= 11 is 0. The van der Waals surface area contributed by atoms with Crippen LogP contribution in [-0.2, 0) is 11.3 Å². The fourth-order valence-corrected chi connectivity index (χ4v) is 2.98. The highest BCUT2D eigenvalue weighted by Gasteiger charge is 2.09. The average Bonchev–Trinajstić information content (AvgIpc) is 2.48. The Kier molecular flexibility index (Phi) is 5.45. The highest BCUT2D eigenvalue weighted by atomic mass is 16.4. The number of carboxylic acid groups (broad SMARTS) is 1. The number of aryl methyl sites for hydroxylation is 4. The zero-order chi connectivity index (χ0) is 17.9. The highest BCUT2D eigenvalue weighted by molar-refractivity contribution is 5.93. The SMILES string of the molecule is C/C(=C\c1c(C)cccc1NCc1c(C)cc(C)cc1C)C(=O)O. The molecule has 0 saturated carbocycles. The number of aliphatic carboxylic acids is 1. The van der Waals surface area contributed by atoms with Gasteiger partial charge in [-0.1, -0.05) is 29.8 Å². The van der Waals surface area contributed by atoms with E-state index in [4.69, 9.17) is 5.11 Å². The van der Waals surface area contributed by atoms with Crippen molar-refractivity contribution in [1.82, 2.24) is 0 Å². The van der Waals surface area contributed by atoms with E-state index in [1.807, 2.05) is 25.1 Å². The zero-order valence-electron chi connectivity index (χ0n) is 15.0. The van der Waals surface area contributed by atoms with Crippen LogP contribution < -0.4 is 5.32 Å². The second-order valence-electron chi connectivity index (χ2n) is 6.40. The Morgan fingerprint density at radius 3 is 2.29 bits per heavy atom. The number of carbonyl (C=O) groups is 1. The van der Waals surface area contributed by atoms with Crippen LogP contribution in [0.4, 0.5) is 5.69 Å². The normalized spacial score (nSPS) is 11.5. The number of hydrogen-bond acceptors (Lipinski definition) is 2. The molecule has 0 amide bonds. The molecule has 2 rings (SSSR count). The fourth-order valence-electron chi connectivity index (χ4n) is 2.98. The summed E-state index contributed by atoms with van der Waals surface area (Å²) in [5.74, 6) is -0.894. The lowest BCUT2D eigenvalue weighted by molar-refractivity contribution is -0.132. The number of anilines is 1. The predicted octanol–water partition coefficient (Wildman–Crippen LogP) is 5.02. The minimum atomic E-state index is -0.894. The largest absolute Gasteiger partial charge is 0.478 e. The van der Waals surface area contributed by atoms with Gasteiger partial charge < -0.3 is 10.4 Å². The van der Waals surface area contributed by atoms with Gasteiger partial charge in [-0.05, 0) is 69.0 Å². The Balaban J connectivity index is 2.33. The van der Waals surface area contributed by atoms with Gasteiger partial charge in [0.2, 0.25) is 0 Å². The number of nitrogens with one attached hydrogen (secondary N) is 1. The Labute approximate surface area is 144 Å². The van der Waals surface area contributed by atoms with E-state index in [9.17, 15) is 4.79 Å². The van der Waals surface area contributed by atoms with Crippen LogP contribution in [0.1, 0.15) is 40.3 Å². The molecule has 0 fully saturated rings. The molecule has 3 nitrogen and oxygen atoms in total. The van der Waals surface area contributed by atoms with Gasteiger partial charge in [0.05, 0.1) is 0 Å². The molecule has 0 heterocycles. The van der Waals surface area contributed by atoms with Crippen molar-refractivity contribution in [1.29, 1.82) is 0 Å². The van der Waals surface area contributed by atoms with Gasteiger partial charge in [-0.3, -0.25) is 0 Å². The summed E-state index contributed by atoms with van der Waals surface area (Å²) in [6.45, 7) is 10.7. The molecular formula is C21H25NO2. The van der Waals surface area contributed by atoms with Crippen LogP contribution in [0.2, 0.25) is 0 Å². The van der Waals surface area contributed by atoms with Gasteiger partial charge in [-0.2, -0.15) is 0 Å². The van der Waals surface area contributed by atoms with Crippen LogP contribution in [-0.4, -0.2) is 11.1 Å². The number of carboxylic acids is 1. The maximum Gasteiger partial charge on any atom is 0.331 e. The van der Waals surface area contributed by atoms with Crippen molar-refractivity contribution in [2.75, 3.05) is 5.32 Å². The van der Waals surface area contributed by atoms with E-state index in [-0.39, 0.29) is 0 Å². The van der Waals surface area contributed by atoms with Crippen molar-refractivity contribution in [3.05, 3.63) is 69.3 Å². The van der Waals surface area contributed by atoms with E-state index >= 15 is 0 Å². The van der Waals surface area contributed by atoms with Gasteiger partial charge in [-0.15, -0.1) is 0 Å². The predicted molar refractivity (Wildman–Crippen MR) is 100 cm³/mol. The maximum absolute atomic E-state index is 11.1. The van der Waals surface area contributed by atoms with E-state index in [1.165, 1.54) is 22.3 Å². The summed E-state index contributed by atoms with van der Waals surface area (Å²) in [5.41, 5.74) is 8.36. The molecule has 0 aromatic heterocycles. The highest BCUT2D eigenvalue weighted by Crippen LogP contribution is 2.25. The van der Waals surface area contributed by atoms with Gasteiger partial charge >= 0.3 is 5.97 Å². The fraction of sp³-hybridized carbons (Fsp3) is 0.286. The first-order valence-electron chi connectivity index (χ1n) is 8.11. The molecule has 0 radical (unpaired) electrons. The zero-order valence-corrected chi connectivity index (χ0v) is 15.0. The van der Waals surface area contributed by atoms with Crippen molar-refractivity contribution in [3.63, 3.8) is 0 Å². The first kappa shape index (κ1) is 17.8. The van der Waals surface area contributed by atoms with Crippen molar-refractivity contribution < 1.29 is 9.90 Å². The van der Waals surface area contributed by atoms with Crippen molar-refractivity contribution in [2.45, 2.75) is 41.2 Å². The Hall–Kier alpha value is -2.55. The van der Waals surface area contributed by atoms with E-state index < -0.39 is 5.97 Å². The third kappa shape index (κ3) is 4.05. The molecule has 2 N–H and O–H groups in total. The van der Waals surface area contributed by atoms with Crippen LogP contribution in [0.5, 0.6) is 0 Å². The first-order chi connectivity index (χ1) is 11.3. The van der Waals surface area contributed by atoms with Gasteiger partial charge in [0.1, 0.15) is 0 Å². The Bertz CT molecular complexity index is 780. The van der Waals surface area contributed by atoms with E-state index in [0.29, 0.717) is 12.1 Å². The quantitative estimate of drug-likeness (QED) is 0.760.